The first-order valence-electron chi connectivity index (χ1n) is 22.1. The molecule has 0 saturated heterocycles. The average molecular weight is 827 g/mol. The van der Waals surface area contributed by atoms with Gasteiger partial charge in [0.15, 0.2) is 17.5 Å². The number of fused-ring (bicyclic) bond motifs is 7. The van der Waals surface area contributed by atoms with Crippen LogP contribution < -0.4 is 0 Å². The fourth-order valence-corrected chi connectivity index (χ4v) is 9.90. The van der Waals surface area contributed by atoms with E-state index in [9.17, 15) is 0 Å². The molecule has 4 nitrogen and oxygen atoms in total. The third-order valence-corrected chi connectivity index (χ3v) is 13.0. The second-order valence-electron chi connectivity index (χ2n) is 16.8. The van der Waals surface area contributed by atoms with Crippen molar-refractivity contribution in [1.82, 2.24) is 19.5 Å². The topological polar surface area (TPSA) is 43.6 Å². The lowest BCUT2D eigenvalue weighted by atomic mass is 9.92. The van der Waals surface area contributed by atoms with Gasteiger partial charge in [-0.15, -0.1) is 0 Å². The van der Waals surface area contributed by atoms with Crippen molar-refractivity contribution in [3.63, 3.8) is 0 Å². The van der Waals surface area contributed by atoms with Crippen molar-refractivity contribution >= 4 is 64.9 Å². The monoisotopic (exact) mass is 826 g/mol. The predicted octanol–water partition coefficient (Wildman–Crippen LogP) is 15.9. The highest BCUT2D eigenvalue weighted by Gasteiger charge is 2.24. The molecule has 65 heavy (non-hydrogen) atoms. The van der Waals surface area contributed by atoms with Crippen LogP contribution >= 0.6 is 0 Å². The maximum Gasteiger partial charge on any atom is 0.164 e. The van der Waals surface area contributed by atoms with Crippen molar-refractivity contribution < 1.29 is 0 Å². The van der Waals surface area contributed by atoms with E-state index in [4.69, 9.17) is 15.0 Å². The molecule has 13 rings (SSSR count). The smallest absolute Gasteiger partial charge is 0.164 e. The standard InChI is InChI=1S/C61H38N4/c1-3-17-41(18-4-1)52-35-47(59-62-60(50-31-15-27-39-21-11-13-29-48(39)50)64-61(63-59)51-32-16-28-40-22-12-14-30-49(40)51)36-53(42-19-5-2-6-20-42)58(52)65-56-37-45-25-9-7-23-43(45)33-54(56)55-34-44-24-8-10-26-46(44)38-57(55)65/h1-38H. The van der Waals surface area contributed by atoms with Crippen LogP contribution in [-0.4, -0.2) is 19.5 Å². The lowest BCUT2D eigenvalue weighted by Gasteiger charge is -2.21. The predicted molar refractivity (Wildman–Crippen MR) is 271 cm³/mol. The minimum atomic E-state index is 0.603. The minimum absolute atomic E-state index is 0.603. The van der Waals surface area contributed by atoms with Crippen LogP contribution in [-0.2, 0) is 0 Å². The first-order chi connectivity index (χ1) is 32.2. The summed E-state index contributed by atoms with van der Waals surface area (Å²) >= 11 is 0. The van der Waals surface area contributed by atoms with Gasteiger partial charge in [0, 0.05) is 38.6 Å². The lowest BCUT2D eigenvalue weighted by Crippen LogP contribution is -2.04. The highest BCUT2D eigenvalue weighted by Crippen LogP contribution is 2.45. The molecule has 0 amide bonds. The summed E-state index contributed by atoms with van der Waals surface area (Å²) in [7, 11) is 0. The van der Waals surface area contributed by atoms with Gasteiger partial charge in [0.2, 0.25) is 0 Å². The Labute approximate surface area is 375 Å². The first kappa shape index (κ1) is 36.9. The molecular weight excluding hydrogens is 789 g/mol. The van der Waals surface area contributed by atoms with Gasteiger partial charge in [-0.05, 0) is 90.6 Å². The summed E-state index contributed by atoms with van der Waals surface area (Å²) in [6.45, 7) is 0. The van der Waals surface area contributed by atoms with Crippen molar-refractivity contribution in [3.8, 4) is 62.1 Å². The van der Waals surface area contributed by atoms with Crippen LogP contribution in [0.25, 0.3) is 127 Å². The van der Waals surface area contributed by atoms with Gasteiger partial charge in [0.25, 0.3) is 0 Å². The SMILES string of the molecule is c1ccc(-c2cc(-c3nc(-c4cccc5ccccc45)nc(-c4cccc5ccccc45)n3)cc(-c3ccccc3)c2-n2c3cc4ccccc4cc3c3cc4ccccc4cc32)cc1. The summed E-state index contributed by atoms with van der Waals surface area (Å²) in [5, 5.41) is 11.7. The van der Waals surface area contributed by atoms with Crippen LogP contribution in [0.2, 0.25) is 0 Å². The van der Waals surface area contributed by atoms with Crippen molar-refractivity contribution in [2.75, 3.05) is 0 Å². The van der Waals surface area contributed by atoms with Crippen LogP contribution in [0.15, 0.2) is 231 Å². The molecule has 13 aromatic rings. The largest absolute Gasteiger partial charge is 0.308 e. The molecule has 0 saturated carbocycles. The van der Waals surface area contributed by atoms with E-state index < -0.39 is 0 Å². The van der Waals surface area contributed by atoms with Crippen molar-refractivity contribution in [2.45, 2.75) is 0 Å². The Balaban J connectivity index is 1.17. The fraction of sp³-hybridized carbons (Fsp3) is 0. The molecule has 2 heterocycles. The maximum absolute atomic E-state index is 5.43. The van der Waals surface area contributed by atoms with Crippen molar-refractivity contribution in [1.29, 1.82) is 0 Å². The zero-order valence-corrected chi connectivity index (χ0v) is 35.2. The number of rotatable bonds is 6. The van der Waals surface area contributed by atoms with Crippen LogP contribution in [0.4, 0.5) is 0 Å². The van der Waals surface area contributed by atoms with Crippen LogP contribution in [0.3, 0.4) is 0 Å². The third-order valence-electron chi connectivity index (χ3n) is 13.0. The Morgan fingerprint density at radius 1 is 0.246 bits per heavy atom. The molecule has 302 valence electrons. The fourth-order valence-electron chi connectivity index (χ4n) is 9.90. The third kappa shape index (κ3) is 6.18. The van der Waals surface area contributed by atoms with Gasteiger partial charge >= 0.3 is 0 Å². The molecule has 0 spiro atoms. The highest BCUT2D eigenvalue weighted by molar-refractivity contribution is 6.17. The van der Waals surface area contributed by atoms with Gasteiger partial charge in [0.1, 0.15) is 0 Å². The van der Waals surface area contributed by atoms with Crippen LogP contribution in [0, 0.1) is 0 Å². The van der Waals surface area contributed by atoms with E-state index in [1.165, 1.54) is 32.3 Å². The van der Waals surface area contributed by atoms with E-state index >= 15 is 0 Å². The van der Waals surface area contributed by atoms with Crippen molar-refractivity contribution in [2.24, 2.45) is 0 Å². The molecule has 0 bridgehead atoms. The zero-order valence-electron chi connectivity index (χ0n) is 35.2. The number of aromatic nitrogens is 4. The Morgan fingerprint density at radius 2 is 0.615 bits per heavy atom. The van der Waals surface area contributed by atoms with E-state index in [1.807, 2.05) is 0 Å². The lowest BCUT2D eigenvalue weighted by molar-refractivity contribution is 1.08. The van der Waals surface area contributed by atoms with Crippen molar-refractivity contribution in [3.05, 3.63) is 231 Å². The normalized spacial score (nSPS) is 11.7. The molecule has 0 fully saturated rings. The minimum Gasteiger partial charge on any atom is -0.308 e. The Bertz CT molecular complexity index is 3740. The number of nitrogens with zero attached hydrogens (tertiary/aromatic N) is 4. The number of hydrogen-bond acceptors (Lipinski definition) is 3. The van der Waals surface area contributed by atoms with E-state index in [0.717, 1.165) is 77.2 Å². The van der Waals surface area contributed by atoms with E-state index in [2.05, 4.69) is 235 Å². The molecule has 0 N–H and O–H groups in total. The highest BCUT2D eigenvalue weighted by atomic mass is 15.0. The molecule has 0 aliphatic rings. The van der Waals surface area contributed by atoms with Gasteiger partial charge in [0.05, 0.1) is 16.7 Å². The first-order valence-corrected chi connectivity index (χ1v) is 22.1. The van der Waals surface area contributed by atoms with Gasteiger partial charge < -0.3 is 4.57 Å². The molecular formula is C61H38N4. The Hall–Kier alpha value is -8.73. The summed E-state index contributed by atoms with van der Waals surface area (Å²) < 4.78 is 2.51. The summed E-state index contributed by atoms with van der Waals surface area (Å²) in [5.74, 6) is 1.86. The van der Waals surface area contributed by atoms with Gasteiger partial charge in [-0.3, -0.25) is 0 Å². The second-order valence-corrected chi connectivity index (χ2v) is 16.8. The molecule has 0 atom stereocenters. The molecule has 0 radical (unpaired) electrons. The van der Waals surface area contributed by atoms with Crippen LogP contribution in [0.1, 0.15) is 0 Å². The maximum atomic E-state index is 5.43. The quantitative estimate of drug-likeness (QED) is 0.168. The van der Waals surface area contributed by atoms with E-state index in [0.29, 0.717) is 17.5 Å². The summed E-state index contributed by atoms with van der Waals surface area (Å²) in [6, 6.07) is 82.6. The molecule has 0 aliphatic carbocycles. The summed E-state index contributed by atoms with van der Waals surface area (Å²) in [4.78, 5) is 16.2. The Kier molecular flexibility index (Phi) is 8.50. The van der Waals surface area contributed by atoms with Gasteiger partial charge in [-0.25, -0.2) is 15.0 Å². The zero-order chi connectivity index (χ0) is 42.8. The summed E-state index contributed by atoms with van der Waals surface area (Å²) in [6.07, 6.45) is 0. The number of benzene rings is 11. The van der Waals surface area contributed by atoms with Gasteiger partial charge in [-0.1, -0.05) is 194 Å². The molecule has 11 aromatic carbocycles. The second kappa shape index (κ2) is 15.0. The van der Waals surface area contributed by atoms with Crippen LogP contribution in [0.5, 0.6) is 0 Å². The molecule has 4 heteroatoms. The molecule has 2 aromatic heterocycles. The summed E-state index contributed by atoms with van der Waals surface area (Å²) in [5.41, 5.74) is 10.5. The Morgan fingerprint density at radius 3 is 1.08 bits per heavy atom. The average Bonchev–Trinajstić information content (AvgIpc) is 3.67. The molecule has 0 unspecified atom stereocenters. The number of hydrogen-bond donors (Lipinski definition) is 0. The van der Waals surface area contributed by atoms with Gasteiger partial charge in [-0.2, -0.15) is 0 Å². The van der Waals surface area contributed by atoms with E-state index in [-0.39, 0.29) is 0 Å². The molecule has 0 aliphatic heterocycles. The van der Waals surface area contributed by atoms with E-state index in [1.54, 1.807) is 0 Å².